The van der Waals surface area contributed by atoms with Gasteiger partial charge >= 0.3 is 0 Å². The molecular weight excluding hydrogens is 451 g/mol. The number of hydrogen-bond donors (Lipinski definition) is 1. The van der Waals surface area contributed by atoms with Gasteiger partial charge in [0.25, 0.3) is 0 Å². The minimum absolute atomic E-state index is 0.164. The van der Waals surface area contributed by atoms with Crippen molar-refractivity contribution in [2.75, 3.05) is 11.1 Å². The molecule has 3 heterocycles. The van der Waals surface area contributed by atoms with Crippen LogP contribution in [0.5, 0.6) is 0 Å². The number of thioether (sulfide) groups is 1. The molecule has 1 amide bonds. The zero-order chi connectivity index (χ0) is 22.2. The van der Waals surface area contributed by atoms with Crippen molar-refractivity contribution in [1.29, 1.82) is 0 Å². The molecule has 7 nitrogen and oxygen atoms in total. The van der Waals surface area contributed by atoms with Crippen molar-refractivity contribution in [3.63, 3.8) is 0 Å². The van der Waals surface area contributed by atoms with Crippen molar-refractivity contribution in [3.8, 4) is 11.3 Å². The number of benzene rings is 2. The summed E-state index contributed by atoms with van der Waals surface area (Å²) in [6.45, 7) is 1.90. The van der Waals surface area contributed by atoms with Gasteiger partial charge in [-0.2, -0.15) is 5.10 Å². The van der Waals surface area contributed by atoms with Crippen LogP contribution in [0.25, 0.3) is 22.4 Å². The molecular formula is C22H16ClFN6OS. The van der Waals surface area contributed by atoms with E-state index in [0.717, 1.165) is 16.6 Å². The molecule has 0 radical (unpaired) electrons. The van der Waals surface area contributed by atoms with E-state index in [1.54, 1.807) is 35.1 Å². The number of amides is 1. The van der Waals surface area contributed by atoms with E-state index in [1.807, 2.05) is 29.5 Å². The highest BCUT2D eigenvalue weighted by atomic mass is 35.5. The highest BCUT2D eigenvalue weighted by molar-refractivity contribution is 7.99. The predicted molar refractivity (Wildman–Crippen MR) is 123 cm³/mol. The van der Waals surface area contributed by atoms with Crippen molar-refractivity contribution in [2.24, 2.45) is 0 Å². The SMILES string of the molecule is Cc1ccc(NC(=O)CSc2nnc3c4cc(-c5ccc(F)cc5)nn4ccn23)cc1Cl. The monoisotopic (exact) mass is 466 g/mol. The fourth-order valence-corrected chi connectivity index (χ4v) is 4.15. The van der Waals surface area contributed by atoms with E-state index in [1.165, 1.54) is 23.9 Å². The van der Waals surface area contributed by atoms with E-state index in [0.29, 0.717) is 27.2 Å². The average molecular weight is 467 g/mol. The Labute approximate surface area is 191 Å². The first-order valence-corrected chi connectivity index (χ1v) is 11.0. The third kappa shape index (κ3) is 3.92. The van der Waals surface area contributed by atoms with Crippen LogP contribution in [0.2, 0.25) is 5.02 Å². The number of hydrogen-bond acceptors (Lipinski definition) is 5. The van der Waals surface area contributed by atoms with E-state index in [9.17, 15) is 9.18 Å². The predicted octanol–water partition coefficient (Wildman–Crippen LogP) is 4.88. The van der Waals surface area contributed by atoms with E-state index in [-0.39, 0.29) is 17.5 Å². The topological polar surface area (TPSA) is 76.6 Å². The van der Waals surface area contributed by atoms with Gasteiger partial charge in [-0.1, -0.05) is 29.4 Å². The molecule has 2 aromatic carbocycles. The number of halogens is 2. The Morgan fingerprint density at radius 2 is 1.94 bits per heavy atom. The molecule has 1 N–H and O–H groups in total. The third-order valence-corrected chi connectivity index (χ3v) is 6.26. The van der Waals surface area contributed by atoms with E-state index >= 15 is 0 Å². The lowest BCUT2D eigenvalue weighted by molar-refractivity contribution is -0.113. The second kappa shape index (κ2) is 8.25. The van der Waals surface area contributed by atoms with E-state index in [4.69, 9.17) is 11.6 Å². The van der Waals surface area contributed by atoms with Crippen LogP contribution in [-0.2, 0) is 4.79 Å². The molecule has 0 unspecified atom stereocenters. The number of anilines is 1. The maximum atomic E-state index is 13.2. The maximum absolute atomic E-state index is 13.2. The Hall–Kier alpha value is -3.43. The van der Waals surface area contributed by atoms with Gasteiger partial charge in [0, 0.05) is 28.7 Å². The number of carbonyl (C=O) groups is 1. The van der Waals surface area contributed by atoms with Gasteiger partial charge in [0.15, 0.2) is 10.8 Å². The molecule has 3 aromatic heterocycles. The number of aryl methyl sites for hydroxylation is 1. The van der Waals surface area contributed by atoms with Gasteiger partial charge < -0.3 is 5.32 Å². The van der Waals surface area contributed by atoms with Crippen LogP contribution >= 0.6 is 23.4 Å². The van der Waals surface area contributed by atoms with Gasteiger partial charge in [-0.3, -0.25) is 9.20 Å². The fraction of sp³-hybridized carbons (Fsp3) is 0.0909. The Kier molecular flexibility index (Phi) is 5.28. The zero-order valence-corrected chi connectivity index (χ0v) is 18.4. The quantitative estimate of drug-likeness (QED) is 0.374. The number of rotatable bonds is 5. The van der Waals surface area contributed by atoms with Gasteiger partial charge in [0.05, 0.1) is 11.4 Å². The summed E-state index contributed by atoms with van der Waals surface area (Å²) in [5.41, 5.74) is 4.46. The van der Waals surface area contributed by atoms with Crippen molar-refractivity contribution in [3.05, 3.63) is 77.3 Å². The molecule has 10 heteroatoms. The van der Waals surface area contributed by atoms with Crippen LogP contribution in [0.4, 0.5) is 10.1 Å². The average Bonchev–Trinajstić information content (AvgIpc) is 3.39. The lowest BCUT2D eigenvalue weighted by Gasteiger charge is -2.06. The Balaban J connectivity index is 1.35. The minimum atomic E-state index is -0.298. The van der Waals surface area contributed by atoms with Crippen molar-refractivity contribution >= 4 is 46.1 Å². The van der Waals surface area contributed by atoms with E-state index < -0.39 is 0 Å². The minimum Gasteiger partial charge on any atom is -0.325 e. The highest BCUT2D eigenvalue weighted by Crippen LogP contribution is 2.25. The number of nitrogens with one attached hydrogen (secondary N) is 1. The summed E-state index contributed by atoms with van der Waals surface area (Å²) in [5, 5.41) is 17.1. The molecule has 160 valence electrons. The van der Waals surface area contributed by atoms with Gasteiger partial charge in [-0.15, -0.1) is 10.2 Å². The molecule has 0 fully saturated rings. The summed E-state index contributed by atoms with van der Waals surface area (Å²) in [6, 6.07) is 13.4. The molecule has 5 aromatic rings. The molecule has 0 aliphatic carbocycles. The number of aromatic nitrogens is 5. The van der Waals surface area contributed by atoms with Crippen LogP contribution in [0, 0.1) is 12.7 Å². The molecule has 0 aliphatic rings. The van der Waals surface area contributed by atoms with Crippen LogP contribution < -0.4 is 5.32 Å². The molecule has 0 bridgehead atoms. The lowest BCUT2D eigenvalue weighted by Crippen LogP contribution is -2.14. The largest absolute Gasteiger partial charge is 0.325 e. The summed E-state index contributed by atoms with van der Waals surface area (Å²) in [6.07, 6.45) is 3.58. The first kappa shape index (κ1) is 20.5. The molecule has 0 saturated heterocycles. The Bertz CT molecular complexity index is 1460. The van der Waals surface area contributed by atoms with Gasteiger partial charge in [0.2, 0.25) is 5.91 Å². The number of nitrogens with zero attached hydrogens (tertiary/aromatic N) is 5. The summed E-state index contributed by atoms with van der Waals surface area (Å²) >= 11 is 7.39. The zero-order valence-electron chi connectivity index (χ0n) is 16.8. The fourth-order valence-electron chi connectivity index (χ4n) is 3.25. The van der Waals surface area contributed by atoms with Gasteiger partial charge in [0.1, 0.15) is 11.3 Å². The number of carbonyl (C=O) groups excluding carboxylic acids is 1. The smallest absolute Gasteiger partial charge is 0.234 e. The Morgan fingerprint density at radius 1 is 1.12 bits per heavy atom. The molecule has 0 aliphatic heterocycles. The van der Waals surface area contributed by atoms with Crippen molar-refractivity contribution in [1.82, 2.24) is 24.2 Å². The normalized spacial score (nSPS) is 11.3. The van der Waals surface area contributed by atoms with Crippen molar-refractivity contribution < 1.29 is 9.18 Å². The van der Waals surface area contributed by atoms with Crippen LogP contribution in [0.15, 0.2) is 66.1 Å². The third-order valence-electron chi connectivity index (χ3n) is 4.91. The Morgan fingerprint density at radius 3 is 2.72 bits per heavy atom. The molecule has 0 spiro atoms. The van der Waals surface area contributed by atoms with Crippen LogP contribution in [0.1, 0.15) is 5.56 Å². The standard InChI is InChI=1S/C22H16ClFN6OS/c1-13-2-7-16(10-17(13)23)25-20(31)12-32-22-27-26-21-19-11-18(14-3-5-15(24)6-4-14)28-30(19)9-8-29(21)22/h2-11H,12H2,1H3,(H,25,31). The summed E-state index contributed by atoms with van der Waals surface area (Å²) in [7, 11) is 0. The van der Waals surface area contributed by atoms with Gasteiger partial charge in [-0.25, -0.2) is 8.91 Å². The first-order valence-electron chi connectivity index (χ1n) is 9.66. The first-order chi connectivity index (χ1) is 15.5. The molecule has 32 heavy (non-hydrogen) atoms. The second-order valence-corrected chi connectivity index (χ2v) is 8.49. The van der Waals surface area contributed by atoms with Crippen molar-refractivity contribution in [2.45, 2.75) is 12.1 Å². The lowest BCUT2D eigenvalue weighted by atomic mass is 10.1. The maximum Gasteiger partial charge on any atom is 0.234 e. The molecule has 5 rings (SSSR count). The highest BCUT2D eigenvalue weighted by Gasteiger charge is 2.14. The summed E-state index contributed by atoms with van der Waals surface area (Å²) in [4.78, 5) is 12.4. The van der Waals surface area contributed by atoms with Crippen LogP contribution in [0.3, 0.4) is 0 Å². The second-order valence-electron chi connectivity index (χ2n) is 7.14. The van der Waals surface area contributed by atoms with Crippen LogP contribution in [-0.4, -0.2) is 35.9 Å². The van der Waals surface area contributed by atoms with Gasteiger partial charge in [-0.05, 0) is 55.0 Å². The molecule has 0 saturated carbocycles. The number of fused-ring (bicyclic) bond motifs is 3. The molecule has 0 atom stereocenters. The van der Waals surface area contributed by atoms with E-state index in [2.05, 4.69) is 20.6 Å². The summed E-state index contributed by atoms with van der Waals surface area (Å²) < 4.78 is 16.7. The summed E-state index contributed by atoms with van der Waals surface area (Å²) in [5.74, 6) is -0.304.